The van der Waals surface area contributed by atoms with E-state index in [9.17, 15) is 14.9 Å². The van der Waals surface area contributed by atoms with Gasteiger partial charge in [0, 0.05) is 29.3 Å². The minimum atomic E-state index is -0.474. The Bertz CT molecular complexity index is 1140. The van der Waals surface area contributed by atoms with Crippen LogP contribution in [0.1, 0.15) is 21.6 Å². The van der Waals surface area contributed by atoms with Crippen molar-refractivity contribution in [2.75, 3.05) is 19.5 Å². The van der Waals surface area contributed by atoms with E-state index in [0.29, 0.717) is 40.7 Å². The highest BCUT2D eigenvalue weighted by Crippen LogP contribution is 2.33. The number of methoxy groups -OCH3 is 2. The lowest BCUT2D eigenvalue weighted by atomic mass is 10.0. The molecular weight excluding hydrogens is 400 g/mol. The van der Waals surface area contributed by atoms with Gasteiger partial charge in [0.15, 0.2) is 11.5 Å². The van der Waals surface area contributed by atoms with E-state index in [1.807, 2.05) is 0 Å². The number of ether oxygens (including phenoxy) is 2. The maximum absolute atomic E-state index is 13.0. The Morgan fingerprint density at radius 1 is 1.23 bits per heavy atom. The molecule has 9 nitrogen and oxygen atoms in total. The summed E-state index contributed by atoms with van der Waals surface area (Å²) in [6.45, 7) is 5.53. The number of hydrogen-bond acceptors (Lipinski definition) is 6. The zero-order valence-electron chi connectivity index (χ0n) is 17.4. The van der Waals surface area contributed by atoms with Gasteiger partial charge in [0.25, 0.3) is 11.6 Å². The van der Waals surface area contributed by atoms with E-state index in [0.717, 1.165) is 5.56 Å². The molecule has 0 saturated heterocycles. The number of non-ortho nitro benzene ring substituents is 1. The van der Waals surface area contributed by atoms with E-state index in [1.54, 1.807) is 43.3 Å². The summed E-state index contributed by atoms with van der Waals surface area (Å²) < 4.78 is 12.3. The highest BCUT2D eigenvalue weighted by molar-refractivity contribution is 6.04. The molecule has 0 unspecified atom stereocenters. The smallest absolute Gasteiger partial charge is 0.269 e. The number of allylic oxidation sites excluding steroid dienone is 1. The fourth-order valence-corrected chi connectivity index (χ4v) is 3.17. The van der Waals surface area contributed by atoms with Crippen molar-refractivity contribution >= 4 is 17.4 Å². The van der Waals surface area contributed by atoms with Gasteiger partial charge in [-0.2, -0.15) is 5.10 Å². The normalized spacial score (nSPS) is 10.4. The third-order valence-electron chi connectivity index (χ3n) is 4.56. The van der Waals surface area contributed by atoms with Crippen molar-refractivity contribution in [2.45, 2.75) is 13.3 Å². The second kappa shape index (κ2) is 9.12. The van der Waals surface area contributed by atoms with Gasteiger partial charge in [-0.15, -0.1) is 6.58 Å². The van der Waals surface area contributed by atoms with Gasteiger partial charge in [-0.3, -0.25) is 14.9 Å². The van der Waals surface area contributed by atoms with Gasteiger partial charge in [-0.25, -0.2) is 4.68 Å². The summed E-state index contributed by atoms with van der Waals surface area (Å²) in [5.74, 6) is 1.04. The summed E-state index contributed by atoms with van der Waals surface area (Å²) in [6, 6.07) is 10.9. The molecule has 1 heterocycles. The quantitative estimate of drug-likeness (QED) is 0.333. The third kappa shape index (κ3) is 4.55. The first kappa shape index (κ1) is 21.6. The Hall–Kier alpha value is -4.14. The van der Waals surface area contributed by atoms with Gasteiger partial charge in [-0.1, -0.05) is 6.08 Å². The molecule has 1 aromatic heterocycles. The minimum absolute atomic E-state index is 0.0294. The maximum atomic E-state index is 13.0. The summed E-state index contributed by atoms with van der Waals surface area (Å²) in [7, 11) is 3.04. The number of carbonyl (C=O) groups excluding carboxylic acids is 1. The van der Waals surface area contributed by atoms with Gasteiger partial charge in [0.2, 0.25) is 0 Å². The number of nitrogens with zero attached hydrogens (tertiary/aromatic N) is 3. The van der Waals surface area contributed by atoms with Crippen LogP contribution in [0.4, 0.5) is 11.5 Å². The average molecular weight is 422 g/mol. The van der Waals surface area contributed by atoms with E-state index in [2.05, 4.69) is 17.0 Å². The predicted molar refractivity (Wildman–Crippen MR) is 116 cm³/mol. The second-order valence-electron chi connectivity index (χ2n) is 6.67. The van der Waals surface area contributed by atoms with Crippen LogP contribution in [0.3, 0.4) is 0 Å². The second-order valence-corrected chi connectivity index (χ2v) is 6.67. The van der Waals surface area contributed by atoms with Crippen LogP contribution in [0.25, 0.3) is 5.69 Å². The molecule has 9 heteroatoms. The van der Waals surface area contributed by atoms with Crippen molar-refractivity contribution in [2.24, 2.45) is 0 Å². The standard InChI is InChI=1S/C22H22N4O5/c1-5-6-15-12-16(13-19(30-3)21(15)31-4)22(27)23-20-11-14(2)24-25(20)17-7-9-18(10-8-17)26(28)29/h5,7-13H,1,6H2,2-4H3,(H,23,27). The molecular formula is C22H22N4O5. The summed E-state index contributed by atoms with van der Waals surface area (Å²) in [6.07, 6.45) is 2.21. The molecule has 0 bridgehead atoms. The minimum Gasteiger partial charge on any atom is -0.493 e. The van der Waals surface area contributed by atoms with Gasteiger partial charge < -0.3 is 14.8 Å². The van der Waals surface area contributed by atoms with Crippen molar-refractivity contribution in [1.29, 1.82) is 0 Å². The summed E-state index contributed by atoms with van der Waals surface area (Å²) in [5.41, 5.74) is 2.37. The number of nitro groups is 1. The molecule has 160 valence electrons. The lowest BCUT2D eigenvalue weighted by Crippen LogP contribution is -2.16. The molecule has 0 aliphatic rings. The lowest BCUT2D eigenvalue weighted by molar-refractivity contribution is -0.384. The number of hydrogen-bond donors (Lipinski definition) is 1. The molecule has 3 rings (SSSR count). The largest absolute Gasteiger partial charge is 0.493 e. The molecule has 0 radical (unpaired) electrons. The number of aryl methyl sites for hydroxylation is 1. The first-order chi connectivity index (χ1) is 14.9. The number of nitro benzene ring substituents is 1. The van der Waals surface area contributed by atoms with Crippen LogP contribution in [0.15, 0.2) is 55.1 Å². The van der Waals surface area contributed by atoms with Gasteiger partial charge in [-0.05, 0) is 37.6 Å². The highest BCUT2D eigenvalue weighted by atomic mass is 16.6. The lowest BCUT2D eigenvalue weighted by Gasteiger charge is -2.15. The van der Waals surface area contributed by atoms with E-state index in [4.69, 9.17) is 9.47 Å². The van der Waals surface area contributed by atoms with Crippen LogP contribution in [-0.4, -0.2) is 34.8 Å². The van der Waals surface area contributed by atoms with Gasteiger partial charge in [0.05, 0.1) is 30.5 Å². The van der Waals surface area contributed by atoms with E-state index in [-0.39, 0.29) is 11.6 Å². The Morgan fingerprint density at radius 3 is 2.52 bits per heavy atom. The predicted octanol–water partition coefficient (Wildman–Crippen LogP) is 4.09. The van der Waals surface area contributed by atoms with Crippen LogP contribution < -0.4 is 14.8 Å². The van der Waals surface area contributed by atoms with E-state index >= 15 is 0 Å². The Labute approximate surface area is 179 Å². The van der Waals surface area contributed by atoms with Crippen LogP contribution >= 0.6 is 0 Å². The Morgan fingerprint density at radius 2 is 1.94 bits per heavy atom. The zero-order chi connectivity index (χ0) is 22.5. The summed E-state index contributed by atoms with van der Waals surface area (Å²) in [4.78, 5) is 23.4. The van der Waals surface area contributed by atoms with E-state index in [1.165, 1.54) is 31.0 Å². The van der Waals surface area contributed by atoms with Crippen molar-refractivity contribution < 1.29 is 19.2 Å². The molecule has 31 heavy (non-hydrogen) atoms. The van der Waals surface area contributed by atoms with Gasteiger partial charge in [0.1, 0.15) is 5.82 Å². The van der Waals surface area contributed by atoms with Crippen molar-refractivity contribution in [3.8, 4) is 17.2 Å². The van der Waals surface area contributed by atoms with E-state index < -0.39 is 4.92 Å². The maximum Gasteiger partial charge on any atom is 0.269 e. The average Bonchev–Trinajstić information content (AvgIpc) is 3.13. The number of nitrogens with one attached hydrogen (secondary N) is 1. The molecule has 0 aliphatic heterocycles. The zero-order valence-corrected chi connectivity index (χ0v) is 17.4. The molecule has 1 amide bonds. The van der Waals surface area contributed by atoms with Crippen molar-refractivity contribution in [1.82, 2.24) is 9.78 Å². The van der Waals surface area contributed by atoms with Crippen LogP contribution in [0.5, 0.6) is 11.5 Å². The SMILES string of the molecule is C=CCc1cc(C(=O)Nc2cc(C)nn2-c2ccc([N+](=O)[O-])cc2)cc(OC)c1OC. The van der Waals surface area contributed by atoms with Crippen LogP contribution in [0.2, 0.25) is 0 Å². The van der Waals surface area contributed by atoms with Crippen molar-refractivity contribution in [3.63, 3.8) is 0 Å². The first-order valence-corrected chi connectivity index (χ1v) is 9.36. The molecule has 0 fully saturated rings. The topological polar surface area (TPSA) is 109 Å². The monoisotopic (exact) mass is 422 g/mol. The molecule has 0 saturated carbocycles. The molecule has 0 spiro atoms. The molecule has 3 aromatic rings. The number of anilines is 1. The molecule has 2 aromatic carbocycles. The van der Waals surface area contributed by atoms with Crippen molar-refractivity contribution in [3.05, 3.63) is 82.1 Å². The Balaban J connectivity index is 1.95. The summed E-state index contributed by atoms with van der Waals surface area (Å²) in [5, 5.41) is 18.1. The number of amides is 1. The molecule has 1 N–H and O–H groups in total. The summed E-state index contributed by atoms with van der Waals surface area (Å²) >= 11 is 0. The van der Waals surface area contributed by atoms with Gasteiger partial charge >= 0.3 is 0 Å². The number of aromatic nitrogens is 2. The fourth-order valence-electron chi connectivity index (χ4n) is 3.17. The molecule has 0 atom stereocenters. The van der Waals surface area contributed by atoms with Crippen LogP contribution in [0, 0.1) is 17.0 Å². The number of carbonyl (C=O) groups is 1. The third-order valence-corrected chi connectivity index (χ3v) is 4.56. The fraction of sp³-hybridized carbons (Fsp3) is 0.182. The first-order valence-electron chi connectivity index (χ1n) is 9.36. The highest BCUT2D eigenvalue weighted by Gasteiger charge is 2.18. The van der Waals surface area contributed by atoms with Crippen LogP contribution in [-0.2, 0) is 6.42 Å². The Kier molecular flexibility index (Phi) is 6.35. The molecule has 0 aliphatic carbocycles. The number of rotatable bonds is 8. The number of benzene rings is 2.